The lowest BCUT2D eigenvalue weighted by atomic mass is 10.2. The van der Waals surface area contributed by atoms with Crippen LogP contribution in [0.3, 0.4) is 0 Å². The zero-order valence-electron chi connectivity index (χ0n) is 13.0. The van der Waals surface area contributed by atoms with E-state index in [2.05, 4.69) is 15.6 Å². The van der Waals surface area contributed by atoms with Crippen LogP contribution in [0, 0.1) is 0 Å². The van der Waals surface area contributed by atoms with Gasteiger partial charge in [-0.1, -0.05) is 24.3 Å². The van der Waals surface area contributed by atoms with Gasteiger partial charge in [-0.3, -0.25) is 14.6 Å². The van der Waals surface area contributed by atoms with Gasteiger partial charge in [0.25, 0.3) is 5.91 Å². The lowest BCUT2D eigenvalue weighted by Gasteiger charge is -2.06. The normalized spacial score (nSPS) is 10.1. The summed E-state index contributed by atoms with van der Waals surface area (Å²) in [6.07, 6.45) is 3.48. The molecule has 5 heteroatoms. The molecule has 0 aliphatic heterocycles. The number of hydrogen-bond acceptors (Lipinski definition) is 3. The fourth-order valence-corrected chi connectivity index (χ4v) is 2.11. The summed E-state index contributed by atoms with van der Waals surface area (Å²) in [4.78, 5) is 27.7. The highest BCUT2D eigenvalue weighted by Crippen LogP contribution is 1.98. The molecule has 0 aliphatic rings. The number of rotatable bonds is 8. The van der Waals surface area contributed by atoms with Crippen molar-refractivity contribution >= 4 is 11.8 Å². The number of aromatic nitrogens is 1. The zero-order valence-corrected chi connectivity index (χ0v) is 13.0. The molecule has 0 spiro atoms. The molecule has 1 aromatic carbocycles. The number of hydrogen-bond donors (Lipinski definition) is 2. The fourth-order valence-electron chi connectivity index (χ4n) is 2.11. The quantitative estimate of drug-likeness (QED) is 0.732. The second-order valence-electron chi connectivity index (χ2n) is 5.15. The Morgan fingerprint density at radius 3 is 2.43 bits per heavy atom. The van der Waals surface area contributed by atoms with E-state index in [1.165, 1.54) is 0 Å². The minimum Gasteiger partial charge on any atom is -0.356 e. The molecule has 2 N–H and O–H groups in total. The maximum atomic E-state index is 11.8. The summed E-state index contributed by atoms with van der Waals surface area (Å²) in [7, 11) is 0. The van der Waals surface area contributed by atoms with Crippen LogP contribution >= 0.6 is 0 Å². The molecule has 0 radical (unpaired) electrons. The molecule has 2 aromatic rings. The van der Waals surface area contributed by atoms with E-state index in [4.69, 9.17) is 0 Å². The molecule has 2 rings (SSSR count). The summed E-state index contributed by atoms with van der Waals surface area (Å²) in [6.45, 7) is 1.06. The maximum absolute atomic E-state index is 11.8. The SMILES string of the molecule is O=C(CCCNC(=O)c1ccccc1)NCCc1ccccn1. The van der Waals surface area contributed by atoms with Crippen LogP contribution in [0.2, 0.25) is 0 Å². The third kappa shape index (κ3) is 6.30. The molecule has 23 heavy (non-hydrogen) atoms. The average molecular weight is 311 g/mol. The predicted molar refractivity (Wildman–Crippen MR) is 89.0 cm³/mol. The number of nitrogens with zero attached hydrogens (tertiary/aromatic N) is 1. The van der Waals surface area contributed by atoms with Crippen LogP contribution in [-0.4, -0.2) is 29.9 Å². The first-order valence-corrected chi connectivity index (χ1v) is 7.75. The van der Waals surface area contributed by atoms with E-state index >= 15 is 0 Å². The first-order valence-electron chi connectivity index (χ1n) is 7.75. The Hall–Kier alpha value is -2.69. The van der Waals surface area contributed by atoms with Gasteiger partial charge in [-0.15, -0.1) is 0 Å². The van der Waals surface area contributed by atoms with E-state index in [9.17, 15) is 9.59 Å². The first kappa shape index (κ1) is 16.7. The van der Waals surface area contributed by atoms with Crippen LogP contribution in [-0.2, 0) is 11.2 Å². The topological polar surface area (TPSA) is 71.1 Å². The third-order valence-electron chi connectivity index (χ3n) is 3.33. The highest BCUT2D eigenvalue weighted by atomic mass is 16.2. The molecule has 0 fully saturated rings. The summed E-state index contributed by atoms with van der Waals surface area (Å²) in [5.74, 6) is -0.115. The molecule has 0 aliphatic carbocycles. The summed E-state index contributed by atoms with van der Waals surface area (Å²) in [6, 6.07) is 14.8. The van der Waals surface area contributed by atoms with Crippen LogP contribution in [0.15, 0.2) is 54.7 Å². The van der Waals surface area contributed by atoms with Crippen LogP contribution in [0.25, 0.3) is 0 Å². The van der Waals surface area contributed by atoms with Gasteiger partial charge in [0.05, 0.1) is 0 Å². The summed E-state index contributed by atoms with van der Waals surface area (Å²) < 4.78 is 0. The Labute approximate surface area is 136 Å². The standard InChI is InChI=1S/C18H21N3O2/c22-17(20-14-11-16-9-4-5-12-19-16)10-6-13-21-18(23)15-7-2-1-3-8-15/h1-5,7-9,12H,6,10-11,13-14H2,(H,20,22)(H,21,23). The van der Waals surface area contributed by atoms with Gasteiger partial charge in [-0.05, 0) is 30.7 Å². The Balaban J connectivity index is 1.55. The van der Waals surface area contributed by atoms with E-state index in [1.54, 1.807) is 18.3 Å². The van der Waals surface area contributed by atoms with Gasteiger partial charge in [0.15, 0.2) is 0 Å². The van der Waals surface area contributed by atoms with Crippen molar-refractivity contribution in [1.82, 2.24) is 15.6 Å². The second kappa shape index (κ2) is 9.35. The van der Waals surface area contributed by atoms with Crippen molar-refractivity contribution in [1.29, 1.82) is 0 Å². The van der Waals surface area contributed by atoms with E-state index in [0.717, 1.165) is 12.1 Å². The van der Waals surface area contributed by atoms with E-state index in [-0.39, 0.29) is 11.8 Å². The minimum atomic E-state index is -0.110. The van der Waals surface area contributed by atoms with Crippen LogP contribution in [0.1, 0.15) is 28.9 Å². The van der Waals surface area contributed by atoms with Crippen molar-refractivity contribution in [3.63, 3.8) is 0 Å². The van der Waals surface area contributed by atoms with Crippen LogP contribution < -0.4 is 10.6 Å². The molecule has 120 valence electrons. The largest absolute Gasteiger partial charge is 0.356 e. The number of nitrogens with one attached hydrogen (secondary N) is 2. The maximum Gasteiger partial charge on any atom is 0.251 e. The monoisotopic (exact) mass is 311 g/mol. The molecule has 0 atom stereocenters. The van der Waals surface area contributed by atoms with E-state index in [0.29, 0.717) is 31.5 Å². The van der Waals surface area contributed by atoms with Gasteiger partial charge in [0, 0.05) is 43.4 Å². The van der Waals surface area contributed by atoms with Crippen molar-refractivity contribution in [3.05, 3.63) is 66.0 Å². The van der Waals surface area contributed by atoms with Crippen molar-refractivity contribution in [2.45, 2.75) is 19.3 Å². The smallest absolute Gasteiger partial charge is 0.251 e. The van der Waals surface area contributed by atoms with Crippen LogP contribution in [0.4, 0.5) is 0 Å². The second-order valence-corrected chi connectivity index (χ2v) is 5.15. The lowest BCUT2D eigenvalue weighted by Crippen LogP contribution is -2.28. The van der Waals surface area contributed by atoms with Crippen molar-refractivity contribution in [3.8, 4) is 0 Å². The number of pyridine rings is 1. The van der Waals surface area contributed by atoms with Crippen molar-refractivity contribution in [2.24, 2.45) is 0 Å². The van der Waals surface area contributed by atoms with E-state index in [1.807, 2.05) is 36.4 Å². The zero-order chi connectivity index (χ0) is 16.3. The Bertz CT molecular complexity index is 615. The van der Waals surface area contributed by atoms with Crippen molar-refractivity contribution < 1.29 is 9.59 Å². The van der Waals surface area contributed by atoms with Gasteiger partial charge in [-0.2, -0.15) is 0 Å². The Morgan fingerprint density at radius 1 is 0.913 bits per heavy atom. The average Bonchev–Trinajstić information content (AvgIpc) is 2.60. The lowest BCUT2D eigenvalue weighted by molar-refractivity contribution is -0.121. The molecule has 1 aromatic heterocycles. The van der Waals surface area contributed by atoms with Gasteiger partial charge in [0.1, 0.15) is 0 Å². The molecule has 1 heterocycles. The molecular formula is C18H21N3O2. The predicted octanol–water partition coefficient (Wildman–Crippen LogP) is 1.95. The van der Waals surface area contributed by atoms with Gasteiger partial charge in [0.2, 0.25) is 5.91 Å². The highest BCUT2D eigenvalue weighted by Gasteiger charge is 2.05. The summed E-state index contributed by atoms with van der Waals surface area (Å²) in [5, 5.41) is 5.67. The minimum absolute atomic E-state index is 0.00473. The Kier molecular flexibility index (Phi) is 6.78. The number of benzene rings is 1. The number of amides is 2. The van der Waals surface area contributed by atoms with Gasteiger partial charge < -0.3 is 10.6 Å². The van der Waals surface area contributed by atoms with E-state index < -0.39 is 0 Å². The van der Waals surface area contributed by atoms with Gasteiger partial charge in [-0.25, -0.2) is 0 Å². The third-order valence-corrected chi connectivity index (χ3v) is 3.33. The molecule has 0 saturated heterocycles. The molecule has 0 saturated carbocycles. The molecule has 0 unspecified atom stereocenters. The molecule has 2 amide bonds. The molecule has 0 bridgehead atoms. The summed E-state index contributed by atoms with van der Waals surface area (Å²) in [5.41, 5.74) is 1.59. The van der Waals surface area contributed by atoms with Crippen LogP contribution in [0.5, 0.6) is 0 Å². The Morgan fingerprint density at radius 2 is 1.70 bits per heavy atom. The molecule has 5 nitrogen and oxygen atoms in total. The van der Waals surface area contributed by atoms with Crippen molar-refractivity contribution in [2.75, 3.05) is 13.1 Å². The van der Waals surface area contributed by atoms with Gasteiger partial charge >= 0.3 is 0 Å². The number of carbonyl (C=O) groups excluding carboxylic acids is 2. The highest BCUT2D eigenvalue weighted by molar-refractivity contribution is 5.94. The molecular weight excluding hydrogens is 290 g/mol. The first-order chi connectivity index (χ1) is 11.3. The summed E-state index contributed by atoms with van der Waals surface area (Å²) >= 11 is 0. The number of carbonyl (C=O) groups is 2. The fraction of sp³-hybridized carbons (Fsp3) is 0.278.